The van der Waals surface area contributed by atoms with Crippen molar-refractivity contribution in [1.29, 1.82) is 0 Å². The van der Waals surface area contributed by atoms with Crippen LogP contribution >= 0.6 is 11.8 Å². The molecular formula is C13H14N2S. The van der Waals surface area contributed by atoms with Crippen LogP contribution in [0.5, 0.6) is 0 Å². The molecule has 0 aliphatic heterocycles. The van der Waals surface area contributed by atoms with E-state index >= 15 is 0 Å². The Kier molecular flexibility index (Phi) is 3.37. The van der Waals surface area contributed by atoms with Crippen LogP contribution in [0.25, 0.3) is 0 Å². The van der Waals surface area contributed by atoms with Crippen molar-refractivity contribution in [3.05, 3.63) is 54.1 Å². The van der Waals surface area contributed by atoms with Gasteiger partial charge in [-0.1, -0.05) is 24.3 Å². The summed E-state index contributed by atoms with van der Waals surface area (Å²) < 4.78 is 0. The smallest absolute Gasteiger partial charge is 0.0452 e. The molecule has 16 heavy (non-hydrogen) atoms. The summed E-state index contributed by atoms with van der Waals surface area (Å²) in [4.78, 5) is 1.12. The van der Waals surface area contributed by atoms with Crippen LogP contribution in [0.1, 0.15) is 5.56 Å². The van der Waals surface area contributed by atoms with Crippen molar-refractivity contribution in [3.63, 3.8) is 0 Å². The molecular weight excluding hydrogens is 216 g/mol. The molecule has 0 saturated heterocycles. The van der Waals surface area contributed by atoms with Crippen molar-refractivity contribution in [3.8, 4) is 0 Å². The number of para-hydroxylation sites is 1. The molecule has 0 unspecified atom stereocenters. The Labute approximate surface area is 99.7 Å². The number of thioether (sulfide) groups is 1. The summed E-state index contributed by atoms with van der Waals surface area (Å²) in [5, 5.41) is 0. The number of anilines is 2. The molecule has 0 radical (unpaired) electrons. The van der Waals surface area contributed by atoms with Gasteiger partial charge in [0, 0.05) is 22.0 Å². The van der Waals surface area contributed by atoms with Crippen molar-refractivity contribution >= 4 is 23.1 Å². The minimum Gasteiger partial charge on any atom is -0.399 e. The molecule has 0 saturated carbocycles. The molecule has 0 fully saturated rings. The van der Waals surface area contributed by atoms with E-state index in [0.29, 0.717) is 0 Å². The molecule has 0 spiro atoms. The van der Waals surface area contributed by atoms with Gasteiger partial charge in [0.2, 0.25) is 0 Å². The Morgan fingerprint density at radius 3 is 2.25 bits per heavy atom. The quantitative estimate of drug-likeness (QED) is 0.629. The van der Waals surface area contributed by atoms with Gasteiger partial charge in [-0.25, -0.2) is 0 Å². The summed E-state index contributed by atoms with van der Waals surface area (Å²) in [6.07, 6.45) is 0. The molecule has 0 amide bonds. The zero-order chi connectivity index (χ0) is 11.4. The Balaban J connectivity index is 2.02. The molecule has 2 nitrogen and oxygen atoms in total. The Hall–Kier alpha value is -1.61. The molecule has 82 valence electrons. The number of nitrogen functional groups attached to an aromatic ring is 2. The molecule has 0 heterocycles. The highest BCUT2D eigenvalue weighted by Crippen LogP contribution is 2.27. The summed E-state index contributed by atoms with van der Waals surface area (Å²) in [7, 11) is 0. The predicted molar refractivity (Wildman–Crippen MR) is 71.3 cm³/mol. The molecule has 3 heteroatoms. The highest BCUT2D eigenvalue weighted by molar-refractivity contribution is 7.98. The van der Waals surface area contributed by atoms with E-state index in [2.05, 4.69) is 0 Å². The van der Waals surface area contributed by atoms with Crippen LogP contribution < -0.4 is 11.5 Å². The van der Waals surface area contributed by atoms with Gasteiger partial charge in [-0.15, -0.1) is 11.8 Å². The predicted octanol–water partition coefficient (Wildman–Crippen LogP) is 3.14. The van der Waals surface area contributed by atoms with Gasteiger partial charge in [-0.3, -0.25) is 0 Å². The van der Waals surface area contributed by atoms with Gasteiger partial charge in [0.15, 0.2) is 0 Å². The van der Waals surface area contributed by atoms with E-state index in [1.54, 1.807) is 11.8 Å². The van der Waals surface area contributed by atoms with Crippen LogP contribution in [0, 0.1) is 0 Å². The lowest BCUT2D eigenvalue weighted by Crippen LogP contribution is -1.89. The van der Waals surface area contributed by atoms with E-state index in [9.17, 15) is 0 Å². The first-order chi connectivity index (χ1) is 7.75. The number of benzene rings is 2. The van der Waals surface area contributed by atoms with E-state index in [0.717, 1.165) is 22.0 Å². The van der Waals surface area contributed by atoms with Crippen LogP contribution in [0.4, 0.5) is 11.4 Å². The second kappa shape index (κ2) is 4.94. The van der Waals surface area contributed by atoms with Crippen LogP contribution in [0.3, 0.4) is 0 Å². The van der Waals surface area contributed by atoms with E-state index in [1.807, 2.05) is 48.5 Å². The number of nitrogens with two attached hydrogens (primary N) is 2. The molecule has 0 aromatic heterocycles. The maximum Gasteiger partial charge on any atom is 0.0452 e. The van der Waals surface area contributed by atoms with Gasteiger partial charge >= 0.3 is 0 Å². The lowest BCUT2D eigenvalue weighted by molar-refractivity contribution is 1.38. The SMILES string of the molecule is Nc1ccc(CSc2ccccc2N)cc1. The van der Waals surface area contributed by atoms with Gasteiger partial charge in [-0.05, 0) is 29.8 Å². The van der Waals surface area contributed by atoms with E-state index < -0.39 is 0 Å². The zero-order valence-electron chi connectivity index (χ0n) is 8.89. The van der Waals surface area contributed by atoms with Crippen LogP contribution in [0.15, 0.2) is 53.4 Å². The standard InChI is InChI=1S/C13H14N2S/c14-11-7-5-10(6-8-11)9-16-13-4-2-1-3-12(13)15/h1-8H,9,14-15H2. The summed E-state index contributed by atoms with van der Waals surface area (Å²) in [6.45, 7) is 0. The largest absolute Gasteiger partial charge is 0.399 e. The maximum atomic E-state index is 5.87. The third-order valence-corrected chi connectivity index (χ3v) is 3.45. The zero-order valence-corrected chi connectivity index (χ0v) is 9.71. The van der Waals surface area contributed by atoms with Gasteiger partial charge in [0.1, 0.15) is 0 Å². The first kappa shape index (κ1) is 10.9. The first-order valence-corrected chi connectivity index (χ1v) is 6.06. The minimum absolute atomic E-state index is 0.799. The molecule has 2 aromatic carbocycles. The second-order valence-electron chi connectivity index (χ2n) is 3.57. The molecule has 4 N–H and O–H groups in total. The van der Waals surface area contributed by atoms with Gasteiger partial charge in [-0.2, -0.15) is 0 Å². The molecule has 0 aliphatic carbocycles. The molecule has 0 atom stereocenters. The number of rotatable bonds is 3. The Morgan fingerprint density at radius 1 is 0.875 bits per heavy atom. The Bertz CT molecular complexity index is 466. The second-order valence-corrected chi connectivity index (χ2v) is 4.59. The highest BCUT2D eigenvalue weighted by Gasteiger charge is 1.99. The maximum absolute atomic E-state index is 5.87. The summed E-state index contributed by atoms with van der Waals surface area (Å²) in [5.41, 5.74) is 14.4. The van der Waals surface area contributed by atoms with Crippen LogP contribution in [0.2, 0.25) is 0 Å². The molecule has 2 rings (SSSR count). The van der Waals surface area contributed by atoms with Crippen molar-refractivity contribution in [2.45, 2.75) is 10.6 Å². The molecule has 2 aromatic rings. The Morgan fingerprint density at radius 2 is 1.56 bits per heavy atom. The summed E-state index contributed by atoms with van der Waals surface area (Å²) in [5.74, 6) is 0.911. The fraction of sp³-hybridized carbons (Fsp3) is 0.0769. The topological polar surface area (TPSA) is 52.0 Å². The normalized spacial score (nSPS) is 10.2. The van der Waals surface area contributed by atoms with Gasteiger partial charge in [0.25, 0.3) is 0 Å². The fourth-order valence-electron chi connectivity index (χ4n) is 1.39. The summed E-state index contributed by atoms with van der Waals surface area (Å²) >= 11 is 1.74. The van der Waals surface area contributed by atoms with Crippen molar-refractivity contribution in [1.82, 2.24) is 0 Å². The third-order valence-electron chi connectivity index (χ3n) is 2.29. The monoisotopic (exact) mass is 230 g/mol. The average molecular weight is 230 g/mol. The number of hydrogen-bond acceptors (Lipinski definition) is 3. The van der Waals surface area contributed by atoms with Gasteiger partial charge < -0.3 is 11.5 Å². The fourth-order valence-corrected chi connectivity index (χ4v) is 2.31. The van der Waals surface area contributed by atoms with E-state index in [4.69, 9.17) is 11.5 Å². The van der Waals surface area contributed by atoms with Crippen molar-refractivity contribution in [2.75, 3.05) is 11.5 Å². The molecule has 0 aliphatic rings. The average Bonchev–Trinajstić information content (AvgIpc) is 2.30. The first-order valence-electron chi connectivity index (χ1n) is 5.07. The van der Waals surface area contributed by atoms with E-state index in [-0.39, 0.29) is 0 Å². The van der Waals surface area contributed by atoms with E-state index in [1.165, 1.54) is 5.56 Å². The van der Waals surface area contributed by atoms with Crippen molar-refractivity contribution in [2.24, 2.45) is 0 Å². The number of hydrogen-bond donors (Lipinski definition) is 2. The minimum atomic E-state index is 0.799. The summed E-state index contributed by atoms with van der Waals surface area (Å²) in [6, 6.07) is 15.8. The highest BCUT2D eigenvalue weighted by atomic mass is 32.2. The lowest BCUT2D eigenvalue weighted by atomic mass is 10.2. The molecule has 0 bridgehead atoms. The van der Waals surface area contributed by atoms with Crippen LogP contribution in [-0.4, -0.2) is 0 Å². The lowest BCUT2D eigenvalue weighted by Gasteiger charge is -2.05. The third kappa shape index (κ3) is 2.70. The van der Waals surface area contributed by atoms with Gasteiger partial charge in [0.05, 0.1) is 0 Å². The van der Waals surface area contributed by atoms with Crippen LogP contribution in [-0.2, 0) is 5.75 Å². The van der Waals surface area contributed by atoms with Crippen molar-refractivity contribution < 1.29 is 0 Å².